The molecule has 1 aliphatic rings. The summed E-state index contributed by atoms with van der Waals surface area (Å²) in [5.74, 6) is 0. The molecule has 0 aromatic carbocycles. The van der Waals surface area contributed by atoms with Gasteiger partial charge in [-0.05, 0) is 19.3 Å². The Labute approximate surface area is 44.3 Å². The molecular weight excluding hydrogens is 86.9 g/mol. The molecule has 0 aromatic heterocycles. The minimum Gasteiger partial charge on any atom is -0.449 e. The molecule has 0 saturated heterocycles. The van der Waals surface area contributed by atoms with Crippen LogP contribution in [0.15, 0.2) is 11.5 Å². The van der Waals surface area contributed by atoms with Crippen molar-refractivity contribution in [3.8, 4) is 0 Å². The molecule has 0 saturated carbocycles. The summed E-state index contributed by atoms with van der Waals surface area (Å²) >= 11 is 0. The summed E-state index contributed by atoms with van der Waals surface area (Å²) in [5.41, 5.74) is 1.22. The van der Waals surface area contributed by atoms with Crippen molar-refractivity contribution in [1.82, 2.24) is 0 Å². The topological polar surface area (TPSA) is 20.2 Å². The van der Waals surface area contributed by atoms with Gasteiger partial charge in [0.1, 0.15) is 0 Å². The molecule has 0 unspecified atom stereocenters. The van der Waals surface area contributed by atoms with Crippen molar-refractivity contribution in [3.05, 3.63) is 11.5 Å². The molecular formula is C5H9BO. The molecule has 0 bridgehead atoms. The maximum atomic E-state index is 8.50. The lowest BCUT2D eigenvalue weighted by Gasteiger charge is -1.85. The van der Waals surface area contributed by atoms with Crippen LogP contribution in [0.1, 0.15) is 19.3 Å². The molecule has 0 spiro atoms. The highest BCUT2D eigenvalue weighted by Crippen LogP contribution is 2.14. The first-order valence-electron chi connectivity index (χ1n) is 2.72. The van der Waals surface area contributed by atoms with Gasteiger partial charge in [-0.2, -0.15) is 0 Å². The summed E-state index contributed by atoms with van der Waals surface area (Å²) in [5, 5.41) is 8.50. The zero-order valence-corrected chi connectivity index (χ0v) is 4.35. The molecule has 0 aromatic rings. The minimum atomic E-state index is 0.278. The van der Waals surface area contributed by atoms with Gasteiger partial charge in [-0.15, -0.1) is 0 Å². The third kappa shape index (κ3) is 1.06. The lowest BCUT2D eigenvalue weighted by molar-refractivity contribution is 0.608. The zero-order chi connectivity index (χ0) is 5.11. The molecule has 1 aliphatic carbocycles. The van der Waals surface area contributed by atoms with Crippen LogP contribution in [0.4, 0.5) is 0 Å². The summed E-state index contributed by atoms with van der Waals surface area (Å²) in [6.45, 7) is 0. The Morgan fingerprint density at radius 2 is 2.57 bits per heavy atom. The van der Waals surface area contributed by atoms with Crippen molar-refractivity contribution < 1.29 is 5.02 Å². The fraction of sp³-hybridized carbons (Fsp3) is 0.600. The second-order valence-corrected chi connectivity index (χ2v) is 1.91. The van der Waals surface area contributed by atoms with E-state index < -0.39 is 0 Å². The molecule has 0 fully saturated rings. The lowest BCUT2D eigenvalue weighted by atomic mass is 9.88. The summed E-state index contributed by atoms with van der Waals surface area (Å²) in [4.78, 5) is 0. The van der Waals surface area contributed by atoms with Crippen molar-refractivity contribution in [1.29, 1.82) is 0 Å². The highest BCUT2D eigenvalue weighted by Gasteiger charge is 2.02. The van der Waals surface area contributed by atoms with Crippen LogP contribution in [0, 0.1) is 0 Å². The Morgan fingerprint density at radius 3 is 2.86 bits per heavy atom. The van der Waals surface area contributed by atoms with Crippen molar-refractivity contribution in [2.24, 2.45) is 0 Å². The van der Waals surface area contributed by atoms with E-state index in [1.165, 1.54) is 18.3 Å². The number of allylic oxidation sites excluding steroid dienone is 2. The molecule has 0 atom stereocenters. The Balaban J connectivity index is 2.36. The Bertz CT molecular complexity index is 88.1. The van der Waals surface area contributed by atoms with Crippen LogP contribution in [-0.4, -0.2) is 12.5 Å². The predicted molar refractivity (Wildman–Crippen MR) is 31.3 cm³/mol. The maximum absolute atomic E-state index is 8.50. The monoisotopic (exact) mass is 96.1 g/mol. The van der Waals surface area contributed by atoms with Crippen LogP contribution in [-0.2, 0) is 0 Å². The summed E-state index contributed by atoms with van der Waals surface area (Å²) in [6.07, 6.45) is 5.67. The van der Waals surface area contributed by atoms with E-state index in [1.54, 1.807) is 0 Å². The Morgan fingerprint density at radius 1 is 1.71 bits per heavy atom. The van der Waals surface area contributed by atoms with Crippen molar-refractivity contribution >= 4 is 7.48 Å². The van der Waals surface area contributed by atoms with E-state index in [1.807, 2.05) is 0 Å². The normalized spacial score (nSPS) is 19.3. The van der Waals surface area contributed by atoms with E-state index in [-0.39, 0.29) is 7.48 Å². The van der Waals surface area contributed by atoms with Crippen molar-refractivity contribution in [3.63, 3.8) is 0 Å². The van der Waals surface area contributed by atoms with Gasteiger partial charge in [0, 0.05) is 0 Å². The van der Waals surface area contributed by atoms with Crippen LogP contribution in [0.25, 0.3) is 0 Å². The molecule has 1 N–H and O–H groups in total. The van der Waals surface area contributed by atoms with E-state index in [0.29, 0.717) is 0 Å². The van der Waals surface area contributed by atoms with Crippen LogP contribution < -0.4 is 0 Å². The fourth-order valence-electron chi connectivity index (χ4n) is 0.881. The van der Waals surface area contributed by atoms with E-state index >= 15 is 0 Å². The third-order valence-electron chi connectivity index (χ3n) is 1.34. The quantitative estimate of drug-likeness (QED) is 0.468. The molecule has 0 heterocycles. The first kappa shape index (κ1) is 4.91. The van der Waals surface area contributed by atoms with Gasteiger partial charge >= 0.3 is 0 Å². The predicted octanol–water partition coefficient (Wildman–Crippen LogP) is 0.398. The lowest BCUT2D eigenvalue weighted by Crippen LogP contribution is -1.88. The highest BCUT2D eigenvalue weighted by atomic mass is 16.2. The summed E-state index contributed by atoms with van der Waals surface area (Å²) in [6, 6.07) is 0. The van der Waals surface area contributed by atoms with Gasteiger partial charge < -0.3 is 5.02 Å². The van der Waals surface area contributed by atoms with E-state index in [0.717, 1.165) is 6.42 Å². The van der Waals surface area contributed by atoms with Gasteiger partial charge in [-0.1, -0.05) is 11.5 Å². The average molecular weight is 95.9 g/mol. The van der Waals surface area contributed by atoms with Crippen LogP contribution in [0.3, 0.4) is 0 Å². The fourth-order valence-corrected chi connectivity index (χ4v) is 0.881. The van der Waals surface area contributed by atoms with Gasteiger partial charge in [0.15, 0.2) is 0 Å². The average Bonchev–Trinajstić information content (AvgIpc) is 2.14. The van der Waals surface area contributed by atoms with E-state index in [2.05, 4.69) is 6.08 Å². The standard InChI is InChI=1S/C5H9BO/c7-6-5-3-1-2-4-5/h3,6-7H,1-2,4H2. The van der Waals surface area contributed by atoms with E-state index in [9.17, 15) is 0 Å². The molecule has 38 valence electrons. The molecule has 0 aliphatic heterocycles. The first-order valence-corrected chi connectivity index (χ1v) is 2.72. The molecule has 1 rings (SSSR count). The third-order valence-corrected chi connectivity index (χ3v) is 1.34. The second kappa shape index (κ2) is 2.17. The van der Waals surface area contributed by atoms with Crippen LogP contribution in [0.2, 0.25) is 0 Å². The maximum Gasteiger partial charge on any atom is 0.300 e. The van der Waals surface area contributed by atoms with Gasteiger partial charge in [-0.25, -0.2) is 0 Å². The molecule has 0 amide bonds. The summed E-state index contributed by atoms with van der Waals surface area (Å²) in [7, 11) is 0.278. The minimum absolute atomic E-state index is 0.278. The van der Waals surface area contributed by atoms with Crippen molar-refractivity contribution in [2.45, 2.75) is 19.3 Å². The molecule has 1 nitrogen and oxygen atoms in total. The second-order valence-electron chi connectivity index (χ2n) is 1.91. The highest BCUT2D eigenvalue weighted by molar-refractivity contribution is 6.36. The van der Waals surface area contributed by atoms with E-state index in [4.69, 9.17) is 5.02 Å². The van der Waals surface area contributed by atoms with Crippen LogP contribution in [0.5, 0.6) is 0 Å². The van der Waals surface area contributed by atoms with Crippen LogP contribution >= 0.6 is 0 Å². The zero-order valence-electron chi connectivity index (χ0n) is 4.35. The smallest absolute Gasteiger partial charge is 0.300 e. The summed E-state index contributed by atoms with van der Waals surface area (Å²) < 4.78 is 0. The molecule has 7 heavy (non-hydrogen) atoms. The number of rotatable bonds is 1. The van der Waals surface area contributed by atoms with Gasteiger partial charge in [0.25, 0.3) is 7.48 Å². The number of hydrogen-bond acceptors (Lipinski definition) is 1. The van der Waals surface area contributed by atoms with Gasteiger partial charge in [0.05, 0.1) is 0 Å². The molecule has 2 heteroatoms. The largest absolute Gasteiger partial charge is 0.449 e. The van der Waals surface area contributed by atoms with Gasteiger partial charge in [-0.3, -0.25) is 0 Å². The van der Waals surface area contributed by atoms with Crippen molar-refractivity contribution in [2.75, 3.05) is 0 Å². The SMILES string of the molecule is OBC1=CCCC1. The van der Waals surface area contributed by atoms with Gasteiger partial charge in [0.2, 0.25) is 0 Å². The molecule has 0 radical (unpaired) electrons. The Hall–Kier alpha value is -0.235. The first-order chi connectivity index (χ1) is 3.43. The Kier molecular flexibility index (Phi) is 1.52. The number of hydrogen-bond donors (Lipinski definition) is 1.